The summed E-state index contributed by atoms with van der Waals surface area (Å²) in [5, 5.41) is 0. The summed E-state index contributed by atoms with van der Waals surface area (Å²) in [4.78, 5) is 38.2. The first kappa shape index (κ1) is 66.6. The molecule has 0 saturated heterocycles. The van der Waals surface area contributed by atoms with Crippen LogP contribution in [0.25, 0.3) is 0 Å². The van der Waals surface area contributed by atoms with E-state index >= 15 is 0 Å². The number of carbonyl (C=O) groups is 3. The lowest BCUT2D eigenvalue weighted by Gasteiger charge is -2.18. The van der Waals surface area contributed by atoms with E-state index in [-0.39, 0.29) is 31.1 Å². The van der Waals surface area contributed by atoms with Gasteiger partial charge in [0.2, 0.25) is 0 Å². The van der Waals surface area contributed by atoms with Crippen molar-refractivity contribution in [2.75, 3.05) is 13.2 Å². The maximum absolute atomic E-state index is 12.9. The van der Waals surface area contributed by atoms with E-state index in [1.165, 1.54) is 128 Å². The lowest BCUT2D eigenvalue weighted by atomic mass is 10.0. The average molecular weight is 976 g/mol. The van der Waals surface area contributed by atoms with Crippen molar-refractivity contribution in [2.45, 2.75) is 290 Å². The summed E-state index contributed by atoms with van der Waals surface area (Å²) in [7, 11) is 0. The average Bonchev–Trinajstić information content (AvgIpc) is 3.36. The quantitative estimate of drug-likeness (QED) is 0.0261. The molecular weight excluding hydrogens is 865 g/mol. The standard InChI is InChI=1S/C64H110O6/c1-4-7-10-13-16-19-22-25-27-29-30-31-32-33-34-35-37-39-42-45-48-51-54-57-63(66)69-60-61(59-68-62(65)56-53-50-47-44-41-38-24-21-18-15-12-9-6-3)70-64(67)58-55-52-49-46-43-40-36-28-26-23-20-17-14-11-8-5-2/h7,10,16,19,21,24-25,27,30-31,33-34,37,39,61H,4-6,8-9,11-15,17-18,20,22-23,26,28-29,32,35-36,38,40-60H2,1-3H3/b10-7-,19-16-,24-21-,27-25-,31-30-,34-33-,39-37-. The Kier molecular flexibility index (Phi) is 55.3. The van der Waals surface area contributed by atoms with Crippen LogP contribution in [0.1, 0.15) is 284 Å². The summed E-state index contributed by atoms with van der Waals surface area (Å²) < 4.78 is 16.9. The fourth-order valence-corrected chi connectivity index (χ4v) is 8.21. The van der Waals surface area contributed by atoms with Crippen molar-refractivity contribution in [2.24, 2.45) is 0 Å². The molecule has 0 aromatic rings. The second-order valence-electron chi connectivity index (χ2n) is 19.5. The number of esters is 3. The Morgan fingerprint density at radius 3 is 0.900 bits per heavy atom. The second-order valence-corrected chi connectivity index (χ2v) is 19.5. The lowest BCUT2D eigenvalue weighted by molar-refractivity contribution is -0.167. The smallest absolute Gasteiger partial charge is 0.306 e. The SMILES string of the molecule is CC/C=C\C/C=C\C/C=C\C/C=C\C/C=C\C/C=C\CCCCCCC(=O)OCC(COC(=O)CCCCCCC/C=C\CCCCCC)OC(=O)CCCCCCCCCCCCCCCCCC. The Morgan fingerprint density at radius 1 is 0.300 bits per heavy atom. The summed E-state index contributed by atoms with van der Waals surface area (Å²) >= 11 is 0. The number of allylic oxidation sites excluding steroid dienone is 14. The van der Waals surface area contributed by atoms with E-state index in [1.807, 2.05) is 0 Å². The minimum Gasteiger partial charge on any atom is -0.462 e. The summed E-state index contributed by atoms with van der Waals surface area (Å²) in [5.41, 5.74) is 0. The zero-order valence-corrected chi connectivity index (χ0v) is 46.0. The number of unbranched alkanes of at least 4 members (excludes halogenated alkanes) is 28. The molecule has 0 fully saturated rings. The molecule has 0 spiro atoms. The van der Waals surface area contributed by atoms with Gasteiger partial charge in [0.15, 0.2) is 6.10 Å². The van der Waals surface area contributed by atoms with Crippen LogP contribution in [0, 0.1) is 0 Å². The Bertz CT molecular complexity index is 1350. The highest BCUT2D eigenvalue weighted by molar-refractivity contribution is 5.71. The van der Waals surface area contributed by atoms with Crippen LogP contribution in [0.4, 0.5) is 0 Å². The van der Waals surface area contributed by atoms with Gasteiger partial charge in [-0.3, -0.25) is 14.4 Å². The summed E-state index contributed by atoms with van der Waals surface area (Å²) in [6.07, 6.45) is 75.7. The fourth-order valence-electron chi connectivity index (χ4n) is 8.21. The zero-order chi connectivity index (χ0) is 50.7. The van der Waals surface area contributed by atoms with Crippen LogP contribution in [0.3, 0.4) is 0 Å². The Morgan fingerprint density at radius 2 is 0.557 bits per heavy atom. The van der Waals surface area contributed by atoms with Crippen LogP contribution >= 0.6 is 0 Å². The molecule has 6 heteroatoms. The maximum Gasteiger partial charge on any atom is 0.306 e. The van der Waals surface area contributed by atoms with Crippen molar-refractivity contribution in [3.05, 3.63) is 85.1 Å². The third-order valence-electron chi connectivity index (χ3n) is 12.6. The van der Waals surface area contributed by atoms with Crippen LogP contribution in [-0.4, -0.2) is 37.2 Å². The van der Waals surface area contributed by atoms with Crippen LogP contribution in [0.15, 0.2) is 85.1 Å². The maximum atomic E-state index is 12.9. The molecule has 0 aliphatic rings. The highest BCUT2D eigenvalue weighted by atomic mass is 16.6. The van der Waals surface area contributed by atoms with E-state index in [4.69, 9.17) is 14.2 Å². The molecule has 0 aliphatic carbocycles. The normalized spacial score (nSPS) is 12.7. The summed E-state index contributed by atoms with van der Waals surface area (Å²) in [6.45, 7) is 6.50. The Balaban J connectivity index is 4.40. The van der Waals surface area contributed by atoms with Gasteiger partial charge in [0.25, 0.3) is 0 Å². The molecule has 402 valence electrons. The van der Waals surface area contributed by atoms with Gasteiger partial charge in [-0.25, -0.2) is 0 Å². The van der Waals surface area contributed by atoms with Gasteiger partial charge in [0.1, 0.15) is 13.2 Å². The molecule has 1 unspecified atom stereocenters. The first-order valence-electron chi connectivity index (χ1n) is 29.6. The second kappa shape index (κ2) is 58.2. The summed E-state index contributed by atoms with van der Waals surface area (Å²) in [6, 6.07) is 0. The van der Waals surface area contributed by atoms with Gasteiger partial charge in [-0.1, -0.05) is 254 Å². The number of rotatable bonds is 53. The van der Waals surface area contributed by atoms with Gasteiger partial charge in [0.05, 0.1) is 0 Å². The van der Waals surface area contributed by atoms with Crippen molar-refractivity contribution >= 4 is 17.9 Å². The lowest BCUT2D eigenvalue weighted by Crippen LogP contribution is -2.30. The van der Waals surface area contributed by atoms with Gasteiger partial charge in [-0.2, -0.15) is 0 Å². The third kappa shape index (κ3) is 55.5. The third-order valence-corrected chi connectivity index (χ3v) is 12.6. The number of carbonyl (C=O) groups excluding carboxylic acids is 3. The predicted molar refractivity (Wildman–Crippen MR) is 302 cm³/mol. The van der Waals surface area contributed by atoms with E-state index in [2.05, 4.69) is 106 Å². The van der Waals surface area contributed by atoms with E-state index in [9.17, 15) is 14.4 Å². The van der Waals surface area contributed by atoms with Crippen LogP contribution < -0.4 is 0 Å². The molecule has 0 aromatic carbocycles. The molecule has 6 nitrogen and oxygen atoms in total. The number of ether oxygens (including phenoxy) is 3. The van der Waals surface area contributed by atoms with Crippen LogP contribution in [-0.2, 0) is 28.6 Å². The van der Waals surface area contributed by atoms with Crippen molar-refractivity contribution < 1.29 is 28.6 Å². The summed E-state index contributed by atoms with van der Waals surface area (Å²) in [5.74, 6) is -0.912. The van der Waals surface area contributed by atoms with Crippen molar-refractivity contribution in [1.29, 1.82) is 0 Å². The first-order valence-corrected chi connectivity index (χ1v) is 29.6. The number of hydrogen-bond donors (Lipinski definition) is 0. The van der Waals surface area contributed by atoms with Gasteiger partial charge >= 0.3 is 17.9 Å². The molecule has 1 atom stereocenters. The molecule has 0 heterocycles. The minimum absolute atomic E-state index is 0.0871. The van der Waals surface area contributed by atoms with Gasteiger partial charge in [-0.05, 0) is 96.3 Å². The molecular formula is C64H110O6. The monoisotopic (exact) mass is 975 g/mol. The molecule has 0 rings (SSSR count). The van der Waals surface area contributed by atoms with Crippen molar-refractivity contribution in [3.8, 4) is 0 Å². The fraction of sp³-hybridized carbons (Fsp3) is 0.734. The van der Waals surface area contributed by atoms with Gasteiger partial charge in [-0.15, -0.1) is 0 Å². The molecule has 0 N–H and O–H groups in total. The molecule has 0 saturated carbocycles. The van der Waals surface area contributed by atoms with Gasteiger partial charge in [0, 0.05) is 19.3 Å². The predicted octanol–water partition coefficient (Wildman–Crippen LogP) is 19.9. The minimum atomic E-state index is -0.789. The van der Waals surface area contributed by atoms with Gasteiger partial charge < -0.3 is 14.2 Å². The zero-order valence-electron chi connectivity index (χ0n) is 46.0. The Labute approximate surface area is 433 Å². The van der Waals surface area contributed by atoms with Crippen LogP contribution in [0.2, 0.25) is 0 Å². The molecule has 0 radical (unpaired) electrons. The molecule has 0 amide bonds. The molecule has 70 heavy (non-hydrogen) atoms. The number of hydrogen-bond acceptors (Lipinski definition) is 6. The Hall–Kier alpha value is -3.41. The van der Waals surface area contributed by atoms with E-state index in [0.29, 0.717) is 19.3 Å². The highest BCUT2D eigenvalue weighted by Crippen LogP contribution is 2.16. The topological polar surface area (TPSA) is 78.9 Å². The van der Waals surface area contributed by atoms with E-state index < -0.39 is 6.10 Å². The highest BCUT2D eigenvalue weighted by Gasteiger charge is 2.19. The van der Waals surface area contributed by atoms with Crippen molar-refractivity contribution in [1.82, 2.24) is 0 Å². The van der Waals surface area contributed by atoms with E-state index in [1.54, 1.807) is 0 Å². The largest absolute Gasteiger partial charge is 0.462 e. The molecule has 0 aliphatic heterocycles. The van der Waals surface area contributed by atoms with E-state index in [0.717, 1.165) is 116 Å². The molecule has 0 bridgehead atoms. The molecule has 0 aromatic heterocycles. The van der Waals surface area contributed by atoms with Crippen LogP contribution in [0.5, 0.6) is 0 Å². The van der Waals surface area contributed by atoms with Crippen molar-refractivity contribution in [3.63, 3.8) is 0 Å². The first-order chi connectivity index (χ1) is 34.5.